The van der Waals surface area contributed by atoms with E-state index < -0.39 is 23.2 Å². The van der Waals surface area contributed by atoms with Crippen molar-refractivity contribution < 1.29 is 17.9 Å². The van der Waals surface area contributed by atoms with E-state index in [9.17, 15) is 13.2 Å². The summed E-state index contributed by atoms with van der Waals surface area (Å²) in [6, 6.07) is 5.94. The number of rotatable bonds is 3. The molecule has 0 saturated carbocycles. The van der Waals surface area contributed by atoms with Gasteiger partial charge in [0.1, 0.15) is 11.6 Å². The molecule has 0 atom stereocenters. The van der Waals surface area contributed by atoms with Crippen molar-refractivity contribution in [2.24, 2.45) is 0 Å². The molecule has 6 heteroatoms. The van der Waals surface area contributed by atoms with Gasteiger partial charge in [0.2, 0.25) is 0 Å². The van der Waals surface area contributed by atoms with Gasteiger partial charge >= 0.3 is 0 Å². The van der Waals surface area contributed by atoms with Gasteiger partial charge in [0.15, 0.2) is 17.4 Å². The summed E-state index contributed by atoms with van der Waals surface area (Å²) in [6.07, 6.45) is 0. The Labute approximate surface area is 121 Å². The lowest BCUT2D eigenvalue weighted by Crippen LogP contribution is -1.95. The number of benzene rings is 2. The molecule has 0 radical (unpaired) electrons. The third kappa shape index (κ3) is 3.22. The van der Waals surface area contributed by atoms with E-state index >= 15 is 0 Å². The van der Waals surface area contributed by atoms with Crippen LogP contribution in [0.15, 0.2) is 34.8 Å². The molecule has 0 aromatic heterocycles. The molecule has 0 aliphatic rings. The smallest absolute Gasteiger partial charge is 0.198 e. The molecule has 1 nitrogen and oxygen atoms in total. The molecule has 0 amide bonds. The maximum Gasteiger partial charge on any atom is 0.198 e. The Morgan fingerprint density at radius 1 is 1.00 bits per heavy atom. The highest BCUT2D eigenvalue weighted by Crippen LogP contribution is 2.30. The predicted molar refractivity (Wildman–Crippen MR) is 70.1 cm³/mol. The number of halogens is 5. The highest BCUT2D eigenvalue weighted by atomic mass is 79.9. The molecule has 0 fully saturated rings. The van der Waals surface area contributed by atoms with Crippen LogP contribution in [0, 0.1) is 17.5 Å². The quantitative estimate of drug-likeness (QED) is 0.673. The number of alkyl halides is 1. The Hall–Kier alpha value is -1.20. The molecule has 2 rings (SSSR count). The van der Waals surface area contributed by atoms with Crippen LogP contribution in [0.25, 0.3) is 0 Å². The van der Waals surface area contributed by atoms with Gasteiger partial charge in [-0.3, -0.25) is 0 Å². The van der Waals surface area contributed by atoms with E-state index in [0.717, 1.165) is 18.2 Å². The Kier molecular flexibility index (Phi) is 4.37. The molecule has 100 valence electrons. The molecular weight excluding hydrogens is 344 g/mol. The van der Waals surface area contributed by atoms with E-state index in [-0.39, 0.29) is 16.1 Å². The van der Waals surface area contributed by atoms with Crippen molar-refractivity contribution in [3.63, 3.8) is 0 Å². The van der Waals surface area contributed by atoms with Gasteiger partial charge in [0.25, 0.3) is 0 Å². The van der Waals surface area contributed by atoms with Crippen LogP contribution < -0.4 is 4.74 Å². The van der Waals surface area contributed by atoms with Crippen molar-refractivity contribution >= 4 is 27.5 Å². The predicted octanol–water partition coefficient (Wildman–Crippen LogP) is 5.40. The van der Waals surface area contributed by atoms with E-state index in [4.69, 9.17) is 16.3 Å². The summed E-state index contributed by atoms with van der Waals surface area (Å²) in [5, 5.41) is 0. The zero-order valence-corrected chi connectivity index (χ0v) is 11.7. The largest absolute Gasteiger partial charge is 0.451 e. The fourth-order valence-corrected chi connectivity index (χ4v) is 1.85. The van der Waals surface area contributed by atoms with Gasteiger partial charge in [-0.15, -0.1) is 11.6 Å². The lowest BCUT2D eigenvalue weighted by molar-refractivity contribution is 0.404. The lowest BCUT2D eigenvalue weighted by atomic mass is 10.2. The summed E-state index contributed by atoms with van der Waals surface area (Å²) in [5.41, 5.74) is 0.297. The summed E-state index contributed by atoms with van der Waals surface area (Å²) in [6.45, 7) is 0. The SMILES string of the molecule is Fc1cc(Oc2c(F)cc(CCl)cc2F)ccc1Br. The highest BCUT2D eigenvalue weighted by molar-refractivity contribution is 9.10. The van der Waals surface area contributed by atoms with Crippen molar-refractivity contribution in [1.29, 1.82) is 0 Å². The summed E-state index contributed by atoms with van der Waals surface area (Å²) >= 11 is 8.46. The molecule has 0 saturated heterocycles. The van der Waals surface area contributed by atoms with Crippen LogP contribution in [0.1, 0.15) is 5.56 Å². The molecule has 0 unspecified atom stereocenters. The minimum absolute atomic E-state index is 0.00266. The van der Waals surface area contributed by atoms with E-state index in [2.05, 4.69) is 15.9 Å². The number of ether oxygens (including phenoxy) is 1. The first-order chi connectivity index (χ1) is 9.01. The van der Waals surface area contributed by atoms with Crippen LogP contribution in [0.4, 0.5) is 13.2 Å². The molecule has 0 heterocycles. The van der Waals surface area contributed by atoms with Crippen molar-refractivity contribution in [2.45, 2.75) is 5.88 Å². The van der Waals surface area contributed by atoms with Crippen LogP contribution in [0.3, 0.4) is 0 Å². The molecule has 2 aromatic rings. The molecule has 0 aliphatic heterocycles. The van der Waals surface area contributed by atoms with Crippen molar-refractivity contribution in [3.05, 3.63) is 57.8 Å². The third-order valence-electron chi connectivity index (χ3n) is 2.32. The number of hydrogen-bond donors (Lipinski definition) is 0. The van der Waals surface area contributed by atoms with E-state index in [1.165, 1.54) is 12.1 Å². The normalized spacial score (nSPS) is 10.6. The van der Waals surface area contributed by atoms with E-state index in [1.807, 2.05) is 0 Å². The molecule has 0 aliphatic carbocycles. The first-order valence-electron chi connectivity index (χ1n) is 5.18. The molecule has 0 spiro atoms. The van der Waals surface area contributed by atoms with Gasteiger partial charge in [-0.05, 0) is 45.8 Å². The van der Waals surface area contributed by atoms with Gasteiger partial charge in [-0.2, -0.15) is 0 Å². The second-order valence-corrected chi connectivity index (χ2v) is 4.82. The zero-order valence-electron chi connectivity index (χ0n) is 9.39. The molecule has 0 bridgehead atoms. The molecular formula is C13H7BrClF3O. The van der Waals surface area contributed by atoms with Crippen LogP contribution in [0.5, 0.6) is 11.5 Å². The second-order valence-electron chi connectivity index (χ2n) is 3.70. The topological polar surface area (TPSA) is 9.23 Å². The maximum atomic E-state index is 13.6. The highest BCUT2D eigenvalue weighted by Gasteiger charge is 2.14. The Bertz CT molecular complexity index is 596. The average molecular weight is 352 g/mol. The maximum absolute atomic E-state index is 13.6. The zero-order chi connectivity index (χ0) is 14.0. The van der Waals surface area contributed by atoms with Gasteiger partial charge in [-0.1, -0.05) is 0 Å². The summed E-state index contributed by atoms with van der Waals surface area (Å²) in [7, 11) is 0. The fraction of sp³-hybridized carbons (Fsp3) is 0.0769. The van der Waals surface area contributed by atoms with Gasteiger partial charge < -0.3 is 4.74 Å². The Morgan fingerprint density at radius 3 is 2.16 bits per heavy atom. The fourth-order valence-electron chi connectivity index (χ4n) is 1.45. The summed E-state index contributed by atoms with van der Waals surface area (Å²) in [5.74, 6) is -2.97. The third-order valence-corrected chi connectivity index (χ3v) is 3.28. The summed E-state index contributed by atoms with van der Waals surface area (Å²) < 4.78 is 45.8. The molecule has 19 heavy (non-hydrogen) atoms. The van der Waals surface area contributed by atoms with Gasteiger partial charge in [-0.25, -0.2) is 13.2 Å². The van der Waals surface area contributed by atoms with Gasteiger partial charge in [0.05, 0.1) is 4.47 Å². The first kappa shape index (κ1) is 14.2. The Balaban J connectivity index is 2.35. The van der Waals surface area contributed by atoms with E-state index in [1.54, 1.807) is 0 Å². The summed E-state index contributed by atoms with van der Waals surface area (Å²) in [4.78, 5) is 0. The minimum Gasteiger partial charge on any atom is -0.451 e. The Morgan fingerprint density at radius 2 is 1.63 bits per heavy atom. The first-order valence-corrected chi connectivity index (χ1v) is 6.51. The van der Waals surface area contributed by atoms with Crippen molar-refractivity contribution in [1.82, 2.24) is 0 Å². The average Bonchev–Trinajstić information content (AvgIpc) is 2.37. The molecule has 0 N–H and O–H groups in total. The van der Waals surface area contributed by atoms with Gasteiger partial charge in [0, 0.05) is 11.9 Å². The monoisotopic (exact) mass is 350 g/mol. The van der Waals surface area contributed by atoms with Crippen LogP contribution in [-0.2, 0) is 5.88 Å². The molecule has 2 aromatic carbocycles. The van der Waals surface area contributed by atoms with Crippen molar-refractivity contribution in [3.8, 4) is 11.5 Å². The van der Waals surface area contributed by atoms with Crippen LogP contribution in [0.2, 0.25) is 0 Å². The standard InChI is InChI=1S/C13H7BrClF3O/c14-9-2-1-8(5-10(9)16)19-13-11(17)3-7(6-15)4-12(13)18/h1-5H,6H2. The van der Waals surface area contributed by atoms with Crippen molar-refractivity contribution in [2.75, 3.05) is 0 Å². The van der Waals surface area contributed by atoms with Crippen LogP contribution in [-0.4, -0.2) is 0 Å². The lowest BCUT2D eigenvalue weighted by Gasteiger charge is -2.09. The van der Waals surface area contributed by atoms with E-state index in [0.29, 0.717) is 5.56 Å². The second kappa shape index (κ2) is 5.84. The van der Waals surface area contributed by atoms with Crippen LogP contribution >= 0.6 is 27.5 Å². The number of hydrogen-bond acceptors (Lipinski definition) is 1. The minimum atomic E-state index is -0.890.